The van der Waals surface area contributed by atoms with E-state index < -0.39 is 0 Å². The second-order valence-electron chi connectivity index (χ2n) is 4.53. The molecule has 1 aliphatic heterocycles. The highest BCUT2D eigenvalue weighted by atomic mass is 35.5. The van der Waals surface area contributed by atoms with Crippen molar-refractivity contribution in [2.45, 2.75) is 25.8 Å². The third-order valence-corrected chi connectivity index (χ3v) is 3.24. The third-order valence-electron chi connectivity index (χ3n) is 3.02. The van der Waals surface area contributed by atoms with Crippen LogP contribution >= 0.6 is 11.6 Å². The molecule has 0 aliphatic carbocycles. The first-order valence-electron chi connectivity index (χ1n) is 5.83. The van der Waals surface area contributed by atoms with E-state index in [9.17, 15) is 0 Å². The highest BCUT2D eigenvalue weighted by Gasteiger charge is 2.16. The molecule has 2 N–H and O–H groups in total. The van der Waals surface area contributed by atoms with Crippen molar-refractivity contribution in [3.05, 3.63) is 23.4 Å². The number of aromatic nitrogens is 1. The SMILES string of the molecule is C[C@H]1CC[C@@H](CNc2ccc(Cl)cn2)NC1. The smallest absolute Gasteiger partial charge is 0.126 e. The van der Waals surface area contributed by atoms with E-state index in [2.05, 4.69) is 22.5 Å². The molecule has 88 valence electrons. The van der Waals surface area contributed by atoms with E-state index in [0.717, 1.165) is 24.8 Å². The molecular weight excluding hydrogens is 222 g/mol. The summed E-state index contributed by atoms with van der Waals surface area (Å²) < 4.78 is 0. The molecule has 1 saturated heterocycles. The molecule has 0 spiro atoms. The lowest BCUT2D eigenvalue weighted by Crippen LogP contribution is -2.42. The van der Waals surface area contributed by atoms with Gasteiger partial charge in [0.2, 0.25) is 0 Å². The fourth-order valence-electron chi connectivity index (χ4n) is 1.94. The second-order valence-corrected chi connectivity index (χ2v) is 4.97. The Labute approximate surface area is 102 Å². The van der Waals surface area contributed by atoms with Gasteiger partial charge in [0.15, 0.2) is 0 Å². The average molecular weight is 240 g/mol. The molecule has 2 rings (SSSR count). The van der Waals surface area contributed by atoms with Crippen LogP contribution < -0.4 is 10.6 Å². The normalized spacial score (nSPS) is 25.4. The van der Waals surface area contributed by atoms with Gasteiger partial charge in [-0.2, -0.15) is 0 Å². The number of piperidine rings is 1. The topological polar surface area (TPSA) is 37.0 Å². The van der Waals surface area contributed by atoms with Gasteiger partial charge in [-0.1, -0.05) is 18.5 Å². The minimum absolute atomic E-state index is 0.564. The zero-order chi connectivity index (χ0) is 11.4. The van der Waals surface area contributed by atoms with Gasteiger partial charge in [0.1, 0.15) is 5.82 Å². The number of rotatable bonds is 3. The van der Waals surface area contributed by atoms with Crippen LogP contribution in [-0.2, 0) is 0 Å². The van der Waals surface area contributed by atoms with Crippen LogP contribution in [0, 0.1) is 5.92 Å². The van der Waals surface area contributed by atoms with E-state index in [4.69, 9.17) is 11.6 Å². The summed E-state index contributed by atoms with van der Waals surface area (Å²) in [5, 5.41) is 7.53. The molecule has 0 saturated carbocycles. The number of pyridine rings is 1. The van der Waals surface area contributed by atoms with Gasteiger partial charge in [0.05, 0.1) is 5.02 Å². The van der Waals surface area contributed by atoms with Gasteiger partial charge >= 0.3 is 0 Å². The van der Waals surface area contributed by atoms with Crippen LogP contribution in [-0.4, -0.2) is 24.1 Å². The van der Waals surface area contributed by atoms with Crippen molar-refractivity contribution in [3.8, 4) is 0 Å². The fraction of sp³-hybridized carbons (Fsp3) is 0.583. The Morgan fingerprint density at radius 1 is 1.50 bits per heavy atom. The van der Waals surface area contributed by atoms with E-state index in [1.54, 1.807) is 6.20 Å². The number of halogens is 1. The molecule has 0 aromatic carbocycles. The molecular formula is C12H18ClN3. The standard InChI is InChI=1S/C12H18ClN3/c1-9-2-4-11(14-6-9)8-16-12-5-3-10(13)7-15-12/h3,5,7,9,11,14H,2,4,6,8H2,1H3,(H,15,16)/t9-,11-/m0/s1. The summed E-state index contributed by atoms with van der Waals surface area (Å²) in [5.41, 5.74) is 0. The maximum absolute atomic E-state index is 5.77. The maximum atomic E-state index is 5.77. The highest BCUT2D eigenvalue weighted by molar-refractivity contribution is 6.30. The maximum Gasteiger partial charge on any atom is 0.126 e. The van der Waals surface area contributed by atoms with Crippen molar-refractivity contribution in [2.24, 2.45) is 5.92 Å². The number of nitrogens with zero attached hydrogens (tertiary/aromatic N) is 1. The summed E-state index contributed by atoms with van der Waals surface area (Å²) in [6, 6.07) is 4.33. The summed E-state index contributed by atoms with van der Waals surface area (Å²) in [6.45, 7) is 4.35. The summed E-state index contributed by atoms with van der Waals surface area (Å²) in [6.07, 6.45) is 4.22. The van der Waals surface area contributed by atoms with Crippen LogP contribution in [0.25, 0.3) is 0 Å². The summed E-state index contributed by atoms with van der Waals surface area (Å²) in [4.78, 5) is 4.21. The molecule has 0 bridgehead atoms. The van der Waals surface area contributed by atoms with Gasteiger partial charge in [-0.25, -0.2) is 4.98 Å². The van der Waals surface area contributed by atoms with Gasteiger partial charge < -0.3 is 10.6 Å². The molecule has 2 atom stereocenters. The molecule has 0 unspecified atom stereocenters. The first-order chi connectivity index (χ1) is 7.74. The van der Waals surface area contributed by atoms with Crippen LogP contribution in [0.15, 0.2) is 18.3 Å². The van der Waals surface area contributed by atoms with E-state index in [1.165, 1.54) is 12.8 Å². The molecule has 1 fully saturated rings. The summed E-state index contributed by atoms with van der Waals surface area (Å²) in [7, 11) is 0. The Kier molecular flexibility index (Phi) is 4.02. The predicted molar refractivity (Wildman–Crippen MR) is 67.9 cm³/mol. The predicted octanol–water partition coefficient (Wildman–Crippen LogP) is 2.54. The Morgan fingerprint density at radius 2 is 2.38 bits per heavy atom. The quantitative estimate of drug-likeness (QED) is 0.851. The number of nitrogens with one attached hydrogen (secondary N) is 2. The van der Waals surface area contributed by atoms with Crippen molar-refractivity contribution in [1.29, 1.82) is 0 Å². The van der Waals surface area contributed by atoms with E-state index >= 15 is 0 Å². The summed E-state index contributed by atoms with van der Waals surface area (Å²) in [5.74, 6) is 1.70. The number of hydrogen-bond acceptors (Lipinski definition) is 3. The van der Waals surface area contributed by atoms with Gasteiger partial charge in [-0.05, 0) is 37.4 Å². The lowest BCUT2D eigenvalue weighted by atomic mass is 9.96. The Bertz CT molecular complexity index is 318. The zero-order valence-corrected chi connectivity index (χ0v) is 10.3. The number of anilines is 1. The zero-order valence-electron chi connectivity index (χ0n) is 9.54. The van der Waals surface area contributed by atoms with Gasteiger partial charge in [0.25, 0.3) is 0 Å². The van der Waals surface area contributed by atoms with Crippen LogP contribution in [0.3, 0.4) is 0 Å². The first-order valence-corrected chi connectivity index (χ1v) is 6.20. The van der Waals surface area contributed by atoms with Crippen LogP contribution in [0.4, 0.5) is 5.82 Å². The molecule has 1 aliphatic rings. The third kappa shape index (κ3) is 3.35. The van der Waals surface area contributed by atoms with Crippen LogP contribution in [0.5, 0.6) is 0 Å². The number of hydrogen-bond donors (Lipinski definition) is 2. The van der Waals surface area contributed by atoms with Crippen molar-refractivity contribution in [2.75, 3.05) is 18.4 Å². The van der Waals surface area contributed by atoms with Crippen molar-refractivity contribution in [1.82, 2.24) is 10.3 Å². The Balaban J connectivity index is 1.77. The lowest BCUT2D eigenvalue weighted by molar-refractivity contribution is 0.336. The molecule has 16 heavy (non-hydrogen) atoms. The average Bonchev–Trinajstić information content (AvgIpc) is 2.30. The van der Waals surface area contributed by atoms with E-state index in [1.807, 2.05) is 12.1 Å². The Morgan fingerprint density at radius 3 is 3.00 bits per heavy atom. The molecule has 0 radical (unpaired) electrons. The minimum Gasteiger partial charge on any atom is -0.369 e. The monoisotopic (exact) mass is 239 g/mol. The van der Waals surface area contributed by atoms with Crippen LogP contribution in [0.2, 0.25) is 5.02 Å². The molecule has 2 heterocycles. The van der Waals surface area contributed by atoms with Gasteiger partial charge in [-0.15, -0.1) is 0 Å². The lowest BCUT2D eigenvalue weighted by Gasteiger charge is -2.28. The Hall–Kier alpha value is -0.800. The van der Waals surface area contributed by atoms with E-state index in [-0.39, 0.29) is 0 Å². The van der Waals surface area contributed by atoms with Gasteiger partial charge in [-0.3, -0.25) is 0 Å². The van der Waals surface area contributed by atoms with Crippen LogP contribution in [0.1, 0.15) is 19.8 Å². The highest BCUT2D eigenvalue weighted by Crippen LogP contribution is 2.14. The van der Waals surface area contributed by atoms with Crippen molar-refractivity contribution in [3.63, 3.8) is 0 Å². The summed E-state index contributed by atoms with van der Waals surface area (Å²) >= 11 is 5.77. The molecule has 4 heteroatoms. The first kappa shape index (κ1) is 11.7. The largest absolute Gasteiger partial charge is 0.369 e. The molecule has 1 aromatic heterocycles. The molecule has 3 nitrogen and oxygen atoms in total. The fourth-order valence-corrected chi connectivity index (χ4v) is 2.05. The second kappa shape index (κ2) is 5.51. The van der Waals surface area contributed by atoms with Crippen molar-refractivity contribution < 1.29 is 0 Å². The molecule has 1 aromatic rings. The van der Waals surface area contributed by atoms with Gasteiger partial charge in [0, 0.05) is 18.8 Å². The molecule has 0 amide bonds. The van der Waals surface area contributed by atoms with E-state index in [0.29, 0.717) is 11.1 Å². The minimum atomic E-state index is 0.564. The van der Waals surface area contributed by atoms with Crippen molar-refractivity contribution >= 4 is 17.4 Å².